The maximum absolute atomic E-state index is 13.1. The Morgan fingerprint density at radius 2 is 1.50 bits per heavy atom. The Morgan fingerprint density at radius 3 is 2.17 bits per heavy atom. The molecule has 0 atom stereocenters. The van der Waals surface area contributed by atoms with Crippen LogP contribution in [0.4, 0.5) is 5.13 Å². The zero-order valence-electron chi connectivity index (χ0n) is 16.5. The molecule has 30 heavy (non-hydrogen) atoms. The van der Waals surface area contributed by atoms with Crippen molar-refractivity contribution in [3.05, 3.63) is 106 Å². The number of aromatic nitrogens is 1. The van der Waals surface area contributed by atoms with Crippen molar-refractivity contribution in [3.63, 3.8) is 0 Å². The summed E-state index contributed by atoms with van der Waals surface area (Å²) in [6, 6.07) is 26.5. The lowest BCUT2D eigenvalue weighted by molar-refractivity contribution is -0.115. The van der Waals surface area contributed by atoms with Gasteiger partial charge in [0.15, 0.2) is 5.13 Å². The lowest BCUT2D eigenvalue weighted by Crippen LogP contribution is -2.14. The highest BCUT2D eigenvalue weighted by Crippen LogP contribution is 2.33. The zero-order chi connectivity index (χ0) is 20.9. The van der Waals surface area contributed by atoms with Crippen LogP contribution in [0.5, 0.6) is 0 Å². The summed E-state index contributed by atoms with van der Waals surface area (Å²) < 4.78 is 0. The molecule has 1 heterocycles. The van der Waals surface area contributed by atoms with Gasteiger partial charge in [0.25, 0.3) is 0 Å². The van der Waals surface area contributed by atoms with E-state index in [1.807, 2.05) is 79.7 Å². The predicted molar refractivity (Wildman–Crippen MR) is 121 cm³/mol. The number of thiazole rings is 1. The third-order valence-electron chi connectivity index (χ3n) is 4.65. The number of amides is 1. The number of anilines is 1. The first-order valence-corrected chi connectivity index (χ1v) is 10.4. The van der Waals surface area contributed by atoms with Crippen molar-refractivity contribution in [2.45, 2.75) is 13.3 Å². The third-order valence-corrected chi connectivity index (χ3v) is 5.62. The molecule has 0 unspecified atom stereocenters. The topological polar surface area (TPSA) is 59.1 Å². The van der Waals surface area contributed by atoms with E-state index in [4.69, 9.17) is 0 Å². The van der Waals surface area contributed by atoms with Gasteiger partial charge in [-0.2, -0.15) is 0 Å². The van der Waals surface area contributed by atoms with Gasteiger partial charge in [-0.25, -0.2) is 4.98 Å². The molecular weight excluding hydrogens is 392 g/mol. The quantitative estimate of drug-likeness (QED) is 0.424. The summed E-state index contributed by atoms with van der Waals surface area (Å²) in [6.07, 6.45) is 0.252. The largest absolute Gasteiger partial charge is 0.302 e. The average Bonchev–Trinajstić information content (AvgIpc) is 3.19. The summed E-state index contributed by atoms with van der Waals surface area (Å²) in [6.45, 7) is 2.01. The van der Waals surface area contributed by atoms with Gasteiger partial charge >= 0.3 is 0 Å². The van der Waals surface area contributed by atoms with Crippen LogP contribution in [-0.4, -0.2) is 16.7 Å². The van der Waals surface area contributed by atoms with Gasteiger partial charge in [-0.15, -0.1) is 0 Å². The van der Waals surface area contributed by atoms with Gasteiger partial charge < -0.3 is 5.32 Å². The molecular formula is C25H20N2O2S. The van der Waals surface area contributed by atoms with E-state index in [9.17, 15) is 9.59 Å². The first-order chi connectivity index (χ1) is 14.6. The highest BCUT2D eigenvalue weighted by Gasteiger charge is 2.21. The number of aryl methyl sites for hydroxylation is 1. The van der Waals surface area contributed by atoms with Gasteiger partial charge in [0.1, 0.15) is 4.88 Å². The molecule has 0 spiro atoms. The van der Waals surface area contributed by atoms with Crippen LogP contribution in [0.25, 0.3) is 11.3 Å². The molecule has 4 nitrogen and oxygen atoms in total. The Labute approximate surface area is 179 Å². The van der Waals surface area contributed by atoms with Crippen molar-refractivity contribution < 1.29 is 9.59 Å². The van der Waals surface area contributed by atoms with Gasteiger partial charge in [-0.05, 0) is 12.5 Å². The van der Waals surface area contributed by atoms with Gasteiger partial charge in [0.05, 0.1) is 12.1 Å². The summed E-state index contributed by atoms with van der Waals surface area (Å²) in [5, 5.41) is 3.28. The molecule has 5 heteroatoms. The molecule has 1 N–H and O–H groups in total. The molecule has 3 aromatic carbocycles. The Morgan fingerprint density at radius 1 is 0.867 bits per heavy atom. The normalized spacial score (nSPS) is 10.6. The second-order valence-corrected chi connectivity index (χ2v) is 7.97. The van der Waals surface area contributed by atoms with Crippen molar-refractivity contribution in [2.75, 3.05) is 5.32 Å². The number of carbonyl (C=O) groups is 2. The van der Waals surface area contributed by atoms with Crippen LogP contribution in [0.2, 0.25) is 0 Å². The number of rotatable bonds is 6. The Balaban J connectivity index is 1.62. The Bertz CT molecular complexity index is 1170. The molecule has 0 aliphatic carbocycles. The maximum atomic E-state index is 13.1. The van der Waals surface area contributed by atoms with E-state index >= 15 is 0 Å². The first-order valence-electron chi connectivity index (χ1n) is 9.61. The minimum Gasteiger partial charge on any atom is -0.302 e. The summed E-state index contributed by atoms with van der Waals surface area (Å²) in [4.78, 5) is 30.8. The van der Waals surface area contributed by atoms with Crippen molar-refractivity contribution in [3.8, 4) is 11.3 Å². The minimum atomic E-state index is -0.161. The Kier molecular flexibility index (Phi) is 5.82. The second-order valence-electron chi connectivity index (χ2n) is 6.97. The van der Waals surface area contributed by atoms with Crippen molar-refractivity contribution in [1.82, 2.24) is 4.98 Å². The predicted octanol–water partition coefficient (Wildman–Crippen LogP) is 5.53. The molecule has 0 saturated carbocycles. The fourth-order valence-corrected chi connectivity index (χ4v) is 4.06. The molecule has 1 amide bonds. The lowest BCUT2D eigenvalue weighted by atomic mass is 10.1. The van der Waals surface area contributed by atoms with Crippen molar-refractivity contribution in [1.29, 1.82) is 0 Å². The Hall–Kier alpha value is -3.57. The van der Waals surface area contributed by atoms with E-state index in [-0.39, 0.29) is 18.1 Å². The maximum Gasteiger partial charge on any atom is 0.230 e. The highest BCUT2D eigenvalue weighted by atomic mass is 32.1. The number of nitrogens with zero attached hydrogens (tertiary/aromatic N) is 1. The van der Waals surface area contributed by atoms with Crippen LogP contribution in [-0.2, 0) is 11.2 Å². The van der Waals surface area contributed by atoms with E-state index in [1.165, 1.54) is 11.3 Å². The fourth-order valence-electron chi connectivity index (χ4n) is 3.09. The van der Waals surface area contributed by atoms with E-state index in [1.54, 1.807) is 12.1 Å². The van der Waals surface area contributed by atoms with Crippen molar-refractivity contribution in [2.24, 2.45) is 0 Å². The SMILES string of the molecule is Cc1ccc(CC(=O)Nc2nc(-c3ccccc3)c(C(=O)c3ccccc3)s2)cc1. The third kappa shape index (κ3) is 4.53. The summed E-state index contributed by atoms with van der Waals surface area (Å²) in [5.41, 5.74) is 4.09. The van der Waals surface area contributed by atoms with E-state index in [0.29, 0.717) is 21.3 Å². The van der Waals surface area contributed by atoms with Crippen LogP contribution in [0.3, 0.4) is 0 Å². The first kappa shape index (κ1) is 19.7. The highest BCUT2D eigenvalue weighted by molar-refractivity contribution is 7.18. The fraction of sp³-hybridized carbons (Fsp3) is 0.0800. The van der Waals surface area contributed by atoms with E-state index in [0.717, 1.165) is 16.7 Å². The van der Waals surface area contributed by atoms with Crippen LogP contribution in [0.15, 0.2) is 84.9 Å². The number of hydrogen-bond acceptors (Lipinski definition) is 4. The van der Waals surface area contributed by atoms with Gasteiger partial charge in [0.2, 0.25) is 11.7 Å². The van der Waals surface area contributed by atoms with Crippen LogP contribution < -0.4 is 5.32 Å². The number of carbonyl (C=O) groups excluding carboxylic acids is 2. The number of benzene rings is 3. The number of hydrogen-bond donors (Lipinski definition) is 1. The summed E-state index contributed by atoms with van der Waals surface area (Å²) in [5.74, 6) is -0.267. The van der Waals surface area contributed by atoms with Crippen LogP contribution in [0.1, 0.15) is 26.4 Å². The number of nitrogens with one attached hydrogen (secondary N) is 1. The number of ketones is 1. The smallest absolute Gasteiger partial charge is 0.230 e. The summed E-state index contributed by atoms with van der Waals surface area (Å²) in [7, 11) is 0. The van der Waals surface area contributed by atoms with E-state index < -0.39 is 0 Å². The van der Waals surface area contributed by atoms with Crippen LogP contribution >= 0.6 is 11.3 Å². The molecule has 148 valence electrons. The minimum absolute atomic E-state index is 0.106. The standard InChI is InChI=1S/C25H20N2O2S/c1-17-12-14-18(15-13-17)16-21(28)26-25-27-22(19-8-4-2-5-9-19)24(30-25)23(29)20-10-6-3-7-11-20/h2-15H,16H2,1H3,(H,26,27,28). The molecule has 1 aromatic heterocycles. The molecule has 0 bridgehead atoms. The lowest BCUT2D eigenvalue weighted by Gasteiger charge is -2.02. The molecule has 0 fully saturated rings. The molecule has 0 aliphatic rings. The zero-order valence-corrected chi connectivity index (χ0v) is 17.3. The van der Waals surface area contributed by atoms with Crippen LogP contribution in [0, 0.1) is 6.92 Å². The van der Waals surface area contributed by atoms with Gasteiger partial charge in [0, 0.05) is 11.1 Å². The molecule has 4 aromatic rings. The monoisotopic (exact) mass is 412 g/mol. The second kappa shape index (κ2) is 8.84. The molecule has 0 radical (unpaired) electrons. The van der Waals surface area contributed by atoms with Gasteiger partial charge in [-0.3, -0.25) is 9.59 Å². The molecule has 0 saturated heterocycles. The van der Waals surface area contributed by atoms with E-state index in [2.05, 4.69) is 10.3 Å². The average molecular weight is 413 g/mol. The van der Waals surface area contributed by atoms with Gasteiger partial charge in [-0.1, -0.05) is 102 Å². The van der Waals surface area contributed by atoms with Crippen molar-refractivity contribution >= 4 is 28.2 Å². The summed E-state index contributed by atoms with van der Waals surface area (Å²) >= 11 is 1.21. The molecule has 0 aliphatic heterocycles. The molecule has 4 rings (SSSR count).